The Morgan fingerprint density at radius 1 is 1.41 bits per heavy atom. The summed E-state index contributed by atoms with van der Waals surface area (Å²) in [5.41, 5.74) is 2.06. The molecule has 0 spiro atoms. The minimum atomic E-state index is 0.705. The summed E-state index contributed by atoms with van der Waals surface area (Å²) in [6, 6.07) is 4.78. The zero-order chi connectivity index (χ0) is 11.7. The predicted molar refractivity (Wildman–Crippen MR) is 67.2 cm³/mol. The molecule has 1 aliphatic rings. The van der Waals surface area contributed by atoms with Crippen LogP contribution in [0.2, 0.25) is 0 Å². The molecule has 0 bridgehead atoms. The number of anilines is 1. The number of fused-ring (bicyclic) bond motifs is 1. The molecule has 5 heteroatoms. The normalized spacial score (nSPS) is 15.4. The van der Waals surface area contributed by atoms with E-state index in [0.717, 1.165) is 30.3 Å². The van der Waals surface area contributed by atoms with E-state index in [1.54, 1.807) is 0 Å². The van der Waals surface area contributed by atoms with Crippen LogP contribution in [0.4, 0.5) is 5.95 Å². The van der Waals surface area contributed by atoms with Gasteiger partial charge in [-0.3, -0.25) is 0 Å². The van der Waals surface area contributed by atoms with E-state index in [1.165, 1.54) is 12.8 Å². The van der Waals surface area contributed by atoms with Crippen LogP contribution in [0, 0.1) is 6.92 Å². The molecule has 0 aromatic carbocycles. The van der Waals surface area contributed by atoms with Gasteiger partial charge in [0.15, 0.2) is 5.65 Å². The van der Waals surface area contributed by atoms with Crippen molar-refractivity contribution in [1.82, 2.24) is 19.9 Å². The van der Waals surface area contributed by atoms with E-state index in [4.69, 9.17) is 0 Å². The van der Waals surface area contributed by atoms with Crippen LogP contribution in [0.5, 0.6) is 0 Å². The molecule has 2 N–H and O–H groups in total. The van der Waals surface area contributed by atoms with E-state index < -0.39 is 0 Å². The lowest BCUT2D eigenvalue weighted by atomic mass is 10.3. The van der Waals surface area contributed by atoms with Crippen LogP contribution in [-0.2, 0) is 0 Å². The maximum atomic E-state index is 4.46. The van der Waals surface area contributed by atoms with Crippen LogP contribution in [0.25, 0.3) is 5.65 Å². The third-order valence-corrected chi connectivity index (χ3v) is 2.98. The van der Waals surface area contributed by atoms with Crippen molar-refractivity contribution in [3.05, 3.63) is 23.9 Å². The third-order valence-electron chi connectivity index (χ3n) is 2.98. The van der Waals surface area contributed by atoms with E-state index in [1.807, 2.05) is 29.8 Å². The fraction of sp³-hybridized carbons (Fsp3) is 0.500. The smallest absolute Gasteiger partial charge is 0.243 e. The van der Waals surface area contributed by atoms with Gasteiger partial charge < -0.3 is 10.6 Å². The third kappa shape index (κ3) is 2.39. The zero-order valence-corrected chi connectivity index (χ0v) is 9.98. The second kappa shape index (κ2) is 4.33. The molecular weight excluding hydrogens is 214 g/mol. The number of hydrogen-bond donors (Lipinski definition) is 2. The average Bonchev–Trinajstić information content (AvgIpc) is 3.04. The number of nitrogens with one attached hydrogen (secondary N) is 2. The number of nitrogens with zero attached hydrogens (tertiary/aromatic N) is 3. The summed E-state index contributed by atoms with van der Waals surface area (Å²) in [5.74, 6) is 0.705. The van der Waals surface area contributed by atoms with Crippen molar-refractivity contribution >= 4 is 11.6 Å². The molecule has 90 valence electrons. The molecule has 5 nitrogen and oxygen atoms in total. The Bertz CT molecular complexity index is 515. The van der Waals surface area contributed by atoms with Crippen molar-refractivity contribution in [3.8, 4) is 0 Å². The van der Waals surface area contributed by atoms with Crippen molar-refractivity contribution < 1.29 is 0 Å². The number of pyridine rings is 1. The van der Waals surface area contributed by atoms with Crippen molar-refractivity contribution in [2.24, 2.45) is 0 Å². The Kier molecular flexibility index (Phi) is 2.68. The molecule has 0 radical (unpaired) electrons. The van der Waals surface area contributed by atoms with Crippen LogP contribution < -0.4 is 10.6 Å². The SMILES string of the molecule is Cc1cccn2nc(NCCNC3CC3)nc12. The lowest BCUT2D eigenvalue weighted by Gasteiger charge is -2.02. The maximum absolute atomic E-state index is 4.46. The second-order valence-electron chi connectivity index (χ2n) is 4.55. The van der Waals surface area contributed by atoms with Gasteiger partial charge in [0, 0.05) is 25.3 Å². The van der Waals surface area contributed by atoms with E-state index in [2.05, 4.69) is 20.7 Å². The first-order valence-corrected chi connectivity index (χ1v) is 6.12. The molecule has 1 aliphatic carbocycles. The average molecular weight is 231 g/mol. The van der Waals surface area contributed by atoms with E-state index in [0.29, 0.717) is 5.95 Å². The number of hydrogen-bond acceptors (Lipinski definition) is 4. The molecule has 1 fully saturated rings. The van der Waals surface area contributed by atoms with E-state index in [-0.39, 0.29) is 0 Å². The Morgan fingerprint density at radius 3 is 3.06 bits per heavy atom. The molecule has 3 rings (SSSR count). The van der Waals surface area contributed by atoms with Crippen LogP contribution in [0.15, 0.2) is 18.3 Å². The summed E-state index contributed by atoms with van der Waals surface area (Å²) in [6.07, 6.45) is 4.57. The van der Waals surface area contributed by atoms with Gasteiger partial charge >= 0.3 is 0 Å². The van der Waals surface area contributed by atoms with Gasteiger partial charge in [0.25, 0.3) is 0 Å². The lowest BCUT2D eigenvalue weighted by Crippen LogP contribution is -2.24. The Morgan fingerprint density at radius 2 is 2.29 bits per heavy atom. The maximum Gasteiger partial charge on any atom is 0.243 e. The van der Waals surface area contributed by atoms with E-state index in [9.17, 15) is 0 Å². The first-order valence-electron chi connectivity index (χ1n) is 6.12. The quantitative estimate of drug-likeness (QED) is 0.759. The Balaban J connectivity index is 1.62. The molecule has 17 heavy (non-hydrogen) atoms. The summed E-state index contributed by atoms with van der Waals surface area (Å²) < 4.78 is 1.81. The minimum absolute atomic E-state index is 0.705. The van der Waals surface area contributed by atoms with Gasteiger partial charge in [-0.2, -0.15) is 4.98 Å². The van der Waals surface area contributed by atoms with Gasteiger partial charge in [-0.25, -0.2) is 4.52 Å². The fourth-order valence-electron chi connectivity index (χ4n) is 1.85. The van der Waals surface area contributed by atoms with Gasteiger partial charge in [0.05, 0.1) is 0 Å². The summed E-state index contributed by atoms with van der Waals surface area (Å²) in [6.45, 7) is 3.88. The Hall–Kier alpha value is -1.62. The molecular formula is C12H17N5. The second-order valence-corrected chi connectivity index (χ2v) is 4.55. The highest BCUT2D eigenvalue weighted by atomic mass is 15.3. The highest BCUT2D eigenvalue weighted by Crippen LogP contribution is 2.17. The number of aromatic nitrogens is 3. The molecule has 0 aliphatic heterocycles. The summed E-state index contributed by atoms with van der Waals surface area (Å²) in [7, 11) is 0. The van der Waals surface area contributed by atoms with Crippen molar-refractivity contribution in [2.45, 2.75) is 25.8 Å². The summed E-state index contributed by atoms with van der Waals surface area (Å²) in [5, 5.41) is 11.1. The van der Waals surface area contributed by atoms with Crippen LogP contribution >= 0.6 is 0 Å². The first-order chi connectivity index (χ1) is 8.33. The highest BCUT2D eigenvalue weighted by Gasteiger charge is 2.19. The van der Waals surface area contributed by atoms with Gasteiger partial charge in [-0.15, -0.1) is 5.10 Å². The van der Waals surface area contributed by atoms with Gasteiger partial charge in [-0.1, -0.05) is 6.07 Å². The number of rotatable bonds is 5. The zero-order valence-electron chi connectivity index (χ0n) is 9.98. The van der Waals surface area contributed by atoms with Gasteiger partial charge in [0.1, 0.15) is 0 Å². The largest absolute Gasteiger partial charge is 0.352 e. The van der Waals surface area contributed by atoms with E-state index >= 15 is 0 Å². The van der Waals surface area contributed by atoms with Gasteiger partial charge in [0.2, 0.25) is 5.95 Å². The topological polar surface area (TPSA) is 54.2 Å². The minimum Gasteiger partial charge on any atom is -0.352 e. The molecule has 1 saturated carbocycles. The van der Waals surface area contributed by atoms with Crippen LogP contribution in [0.1, 0.15) is 18.4 Å². The fourth-order valence-corrected chi connectivity index (χ4v) is 1.85. The van der Waals surface area contributed by atoms with Gasteiger partial charge in [-0.05, 0) is 31.4 Å². The first kappa shape index (κ1) is 10.5. The molecule has 2 heterocycles. The summed E-state index contributed by atoms with van der Waals surface area (Å²) in [4.78, 5) is 4.46. The van der Waals surface area contributed by atoms with Crippen molar-refractivity contribution in [2.75, 3.05) is 18.4 Å². The molecule has 0 saturated heterocycles. The molecule has 0 atom stereocenters. The monoisotopic (exact) mass is 231 g/mol. The standard InChI is InChI=1S/C12H17N5/c1-9-3-2-8-17-11(9)15-12(16-17)14-7-6-13-10-4-5-10/h2-3,8,10,13H,4-7H2,1H3,(H,14,16). The number of aryl methyl sites for hydroxylation is 1. The van der Waals surface area contributed by atoms with Crippen LogP contribution in [0.3, 0.4) is 0 Å². The van der Waals surface area contributed by atoms with Crippen molar-refractivity contribution in [1.29, 1.82) is 0 Å². The van der Waals surface area contributed by atoms with Crippen LogP contribution in [-0.4, -0.2) is 33.7 Å². The molecule has 2 aromatic heterocycles. The molecule has 2 aromatic rings. The lowest BCUT2D eigenvalue weighted by molar-refractivity contribution is 0.699. The molecule has 0 amide bonds. The van der Waals surface area contributed by atoms with Crippen molar-refractivity contribution in [3.63, 3.8) is 0 Å². The highest BCUT2D eigenvalue weighted by molar-refractivity contribution is 5.49. The predicted octanol–water partition coefficient (Wildman–Crippen LogP) is 1.20. The molecule has 0 unspecified atom stereocenters. The Labute approximate surface area is 100 Å². The summed E-state index contributed by atoms with van der Waals surface area (Å²) >= 11 is 0.